The van der Waals surface area contributed by atoms with E-state index in [9.17, 15) is 0 Å². The number of hydrogen-bond acceptors (Lipinski definition) is 2. The van der Waals surface area contributed by atoms with Crippen LogP contribution >= 0.6 is 0 Å². The standard InChI is InChI=1S/C68H52N2/c1-45-25-33-55(34-26-45)69(67-47(3)57(49-17-9-5-10-18-49)39-41-59(67)51-21-13-7-14-22-51)63-43-31-53-30-38-62-64(44-32-54-29-37-61(63)65(53)66(54)62)70(56-35-27-46(2)28-36-56)68-48(4)58(50-19-11-6-12-20-50)40-42-60(68)52-23-15-8-16-24-52/h5-44H,1-4H3. The fraction of sp³-hybridized carbons (Fsp3) is 0.0588. The Morgan fingerprint density at radius 2 is 0.557 bits per heavy atom. The van der Waals surface area contributed by atoms with Crippen molar-refractivity contribution >= 4 is 66.4 Å². The number of benzene rings is 12. The summed E-state index contributed by atoms with van der Waals surface area (Å²) >= 11 is 0. The average Bonchev–Trinajstić information content (AvgIpc) is 3.41. The molecule has 0 aliphatic heterocycles. The zero-order valence-electron chi connectivity index (χ0n) is 40.0. The quantitative estimate of drug-likeness (QED) is 0.126. The summed E-state index contributed by atoms with van der Waals surface area (Å²) in [5, 5.41) is 7.34. The van der Waals surface area contributed by atoms with Crippen molar-refractivity contribution < 1.29 is 0 Å². The highest BCUT2D eigenvalue weighted by Gasteiger charge is 2.27. The van der Waals surface area contributed by atoms with Crippen LogP contribution in [0.5, 0.6) is 0 Å². The van der Waals surface area contributed by atoms with Gasteiger partial charge in [0, 0.05) is 33.3 Å². The van der Waals surface area contributed by atoms with Crippen molar-refractivity contribution in [2.75, 3.05) is 9.80 Å². The molecular weight excluding hydrogens is 845 g/mol. The van der Waals surface area contributed by atoms with Gasteiger partial charge in [0.05, 0.1) is 22.7 Å². The number of hydrogen-bond donors (Lipinski definition) is 0. The Balaban J connectivity index is 1.15. The zero-order chi connectivity index (χ0) is 47.3. The molecule has 12 aromatic rings. The SMILES string of the molecule is Cc1ccc(N(c2c(-c3ccccc3)ccc(-c3ccccc3)c2C)c2ccc3ccc4c(N(c5ccc(C)cc5)c5c(-c6ccccc6)ccc(-c6ccccc6)c5C)ccc5ccc2c3c54)cc1. The van der Waals surface area contributed by atoms with Crippen LogP contribution in [0.3, 0.4) is 0 Å². The molecule has 2 heteroatoms. The van der Waals surface area contributed by atoms with Crippen LogP contribution in [0.15, 0.2) is 243 Å². The smallest absolute Gasteiger partial charge is 0.0575 e. The van der Waals surface area contributed by atoms with E-state index >= 15 is 0 Å². The second kappa shape index (κ2) is 17.7. The highest BCUT2D eigenvalue weighted by molar-refractivity contribution is 6.28. The maximum Gasteiger partial charge on any atom is 0.0575 e. The Morgan fingerprint density at radius 3 is 0.900 bits per heavy atom. The molecule has 0 radical (unpaired) electrons. The fourth-order valence-corrected chi connectivity index (χ4v) is 10.9. The summed E-state index contributed by atoms with van der Waals surface area (Å²) in [7, 11) is 0. The van der Waals surface area contributed by atoms with Crippen molar-refractivity contribution in [3.05, 3.63) is 265 Å². The van der Waals surface area contributed by atoms with E-state index in [4.69, 9.17) is 0 Å². The molecule has 0 heterocycles. The molecule has 2 nitrogen and oxygen atoms in total. The second-order valence-corrected chi connectivity index (χ2v) is 18.7. The Kier molecular flexibility index (Phi) is 10.8. The molecule has 0 aromatic heterocycles. The van der Waals surface area contributed by atoms with E-state index in [2.05, 4.69) is 280 Å². The van der Waals surface area contributed by atoms with Gasteiger partial charge in [0.25, 0.3) is 0 Å². The summed E-state index contributed by atoms with van der Waals surface area (Å²) in [6.45, 7) is 8.93. The third-order valence-electron chi connectivity index (χ3n) is 14.3. The lowest BCUT2D eigenvalue weighted by molar-refractivity contribution is 1.26. The van der Waals surface area contributed by atoms with Crippen LogP contribution < -0.4 is 9.80 Å². The molecule has 12 aromatic carbocycles. The van der Waals surface area contributed by atoms with Gasteiger partial charge in [-0.1, -0.05) is 217 Å². The molecule has 0 saturated carbocycles. The van der Waals surface area contributed by atoms with E-state index in [1.54, 1.807) is 0 Å². The monoisotopic (exact) mass is 896 g/mol. The lowest BCUT2D eigenvalue weighted by Gasteiger charge is -2.33. The molecule has 0 unspecified atom stereocenters. The van der Waals surface area contributed by atoms with Crippen LogP contribution in [-0.4, -0.2) is 0 Å². The maximum atomic E-state index is 2.53. The highest BCUT2D eigenvalue weighted by atomic mass is 15.2. The van der Waals surface area contributed by atoms with Gasteiger partial charge in [-0.2, -0.15) is 0 Å². The van der Waals surface area contributed by atoms with Gasteiger partial charge in [-0.15, -0.1) is 0 Å². The molecule has 0 spiro atoms. The van der Waals surface area contributed by atoms with Crippen LogP contribution in [0.25, 0.3) is 76.8 Å². The van der Waals surface area contributed by atoms with Gasteiger partial charge < -0.3 is 9.80 Å². The zero-order valence-corrected chi connectivity index (χ0v) is 40.0. The van der Waals surface area contributed by atoms with Crippen molar-refractivity contribution in [2.45, 2.75) is 27.7 Å². The first-order valence-electron chi connectivity index (χ1n) is 24.3. The largest absolute Gasteiger partial charge is 0.309 e. The molecule has 0 atom stereocenters. The van der Waals surface area contributed by atoms with Crippen LogP contribution in [0.4, 0.5) is 34.1 Å². The van der Waals surface area contributed by atoms with Crippen LogP contribution in [0.1, 0.15) is 22.3 Å². The van der Waals surface area contributed by atoms with Gasteiger partial charge in [-0.25, -0.2) is 0 Å². The van der Waals surface area contributed by atoms with E-state index in [1.807, 2.05) is 0 Å². The maximum absolute atomic E-state index is 2.53. The molecule has 0 bridgehead atoms. The van der Waals surface area contributed by atoms with Gasteiger partial charge >= 0.3 is 0 Å². The van der Waals surface area contributed by atoms with Crippen molar-refractivity contribution in [3.8, 4) is 44.5 Å². The van der Waals surface area contributed by atoms with E-state index < -0.39 is 0 Å². The Hall–Kier alpha value is -8.72. The normalized spacial score (nSPS) is 11.4. The molecule has 334 valence electrons. The first-order valence-corrected chi connectivity index (χ1v) is 24.3. The number of aryl methyl sites for hydroxylation is 2. The summed E-state index contributed by atoms with van der Waals surface area (Å²) in [5.41, 5.74) is 21.3. The molecule has 0 saturated heterocycles. The molecule has 12 rings (SSSR count). The lowest BCUT2D eigenvalue weighted by atomic mass is 9.89. The molecule has 0 N–H and O–H groups in total. The van der Waals surface area contributed by atoms with Crippen LogP contribution in [0, 0.1) is 27.7 Å². The predicted molar refractivity (Wildman–Crippen MR) is 300 cm³/mol. The number of anilines is 6. The summed E-state index contributed by atoms with van der Waals surface area (Å²) in [6.07, 6.45) is 0. The predicted octanol–water partition coefficient (Wildman–Crippen LogP) is 19.4. The lowest BCUT2D eigenvalue weighted by Crippen LogP contribution is -2.14. The molecule has 0 aliphatic rings. The Morgan fingerprint density at radius 1 is 0.257 bits per heavy atom. The summed E-state index contributed by atoms with van der Waals surface area (Å²) < 4.78 is 0. The van der Waals surface area contributed by atoms with Gasteiger partial charge in [0.2, 0.25) is 0 Å². The highest BCUT2D eigenvalue weighted by Crippen LogP contribution is 2.52. The fourth-order valence-electron chi connectivity index (χ4n) is 10.9. The molecule has 0 fully saturated rings. The Bertz CT molecular complexity index is 3570. The second-order valence-electron chi connectivity index (χ2n) is 18.7. The van der Waals surface area contributed by atoms with Crippen molar-refractivity contribution in [3.63, 3.8) is 0 Å². The first kappa shape index (κ1) is 42.6. The minimum Gasteiger partial charge on any atom is -0.309 e. The Labute approximate surface area is 411 Å². The summed E-state index contributed by atoms with van der Waals surface area (Å²) in [6, 6.07) is 89.4. The molecule has 70 heavy (non-hydrogen) atoms. The van der Waals surface area contributed by atoms with E-state index in [0.717, 1.165) is 22.7 Å². The third kappa shape index (κ3) is 7.37. The van der Waals surface area contributed by atoms with Crippen LogP contribution in [0.2, 0.25) is 0 Å². The van der Waals surface area contributed by atoms with Crippen molar-refractivity contribution in [1.29, 1.82) is 0 Å². The molecule has 0 aliphatic carbocycles. The van der Waals surface area contributed by atoms with Gasteiger partial charge in [0.1, 0.15) is 0 Å². The summed E-state index contributed by atoms with van der Waals surface area (Å²) in [5.74, 6) is 0. The van der Waals surface area contributed by atoms with Crippen molar-refractivity contribution in [2.24, 2.45) is 0 Å². The van der Waals surface area contributed by atoms with Crippen molar-refractivity contribution in [1.82, 2.24) is 0 Å². The van der Waals surface area contributed by atoms with Crippen LogP contribution in [-0.2, 0) is 0 Å². The summed E-state index contributed by atoms with van der Waals surface area (Å²) in [4.78, 5) is 5.05. The molecular formula is C68H52N2. The van der Waals surface area contributed by atoms with E-state index in [-0.39, 0.29) is 0 Å². The topological polar surface area (TPSA) is 6.48 Å². The van der Waals surface area contributed by atoms with E-state index in [1.165, 1.54) is 110 Å². The minimum atomic E-state index is 1.11. The first-order chi connectivity index (χ1) is 34.4. The molecule has 0 amide bonds. The average molecular weight is 897 g/mol. The van der Waals surface area contributed by atoms with Gasteiger partial charge in [-0.3, -0.25) is 0 Å². The number of nitrogens with zero attached hydrogens (tertiary/aromatic N) is 2. The minimum absolute atomic E-state index is 1.11. The van der Waals surface area contributed by atoms with Gasteiger partial charge in [-0.05, 0) is 130 Å². The number of rotatable bonds is 10. The third-order valence-corrected chi connectivity index (χ3v) is 14.3. The van der Waals surface area contributed by atoms with E-state index in [0.29, 0.717) is 0 Å². The van der Waals surface area contributed by atoms with Gasteiger partial charge in [0.15, 0.2) is 0 Å².